The first-order valence-electron chi connectivity index (χ1n) is 5.79. The van der Waals surface area contributed by atoms with Crippen molar-refractivity contribution in [1.82, 2.24) is 4.90 Å². The molecule has 0 radical (unpaired) electrons. The lowest BCUT2D eigenvalue weighted by molar-refractivity contribution is 0.0652. The largest absolute Gasteiger partial charge is 0.393 e. The topological polar surface area (TPSA) is 95.8 Å². The minimum absolute atomic E-state index is 0.0241. The van der Waals surface area contributed by atoms with Crippen LogP contribution in [0.2, 0.25) is 0 Å². The smallest absolute Gasteiger partial charge is 0.154 e. The highest BCUT2D eigenvalue weighted by atomic mass is 16.5. The van der Waals surface area contributed by atoms with Crippen LogP contribution in [0.1, 0.15) is 0 Å². The van der Waals surface area contributed by atoms with Crippen LogP contribution in [-0.4, -0.2) is 66.1 Å². The van der Waals surface area contributed by atoms with E-state index in [1.165, 1.54) is 6.34 Å². The van der Waals surface area contributed by atoms with Crippen LogP contribution in [0.4, 0.5) is 0 Å². The Morgan fingerprint density at radius 2 is 2.39 bits per heavy atom. The van der Waals surface area contributed by atoms with Crippen LogP contribution < -0.4 is 5.73 Å². The van der Waals surface area contributed by atoms with Gasteiger partial charge in [-0.15, -0.1) is 0 Å². The maximum Gasteiger partial charge on any atom is 0.154 e. The van der Waals surface area contributed by atoms with E-state index in [4.69, 9.17) is 15.6 Å². The third-order valence-electron chi connectivity index (χ3n) is 3.50. The minimum atomic E-state index is -0.305. The molecule has 0 aromatic carbocycles. The second kappa shape index (κ2) is 4.18. The Morgan fingerprint density at radius 3 is 3.11 bits per heavy atom. The average Bonchev–Trinajstić information content (AvgIpc) is 2.93. The third kappa shape index (κ3) is 1.55. The Labute approximate surface area is 104 Å². The molecule has 3 heterocycles. The molecule has 0 aromatic heterocycles. The molecule has 3 aliphatic heterocycles. The van der Waals surface area contributed by atoms with Gasteiger partial charge in [-0.3, -0.25) is 4.99 Å². The quantitative estimate of drug-likeness (QED) is 0.597. The predicted octanol–water partition coefficient (Wildman–Crippen LogP) is -1.26. The van der Waals surface area contributed by atoms with Gasteiger partial charge in [0.1, 0.15) is 24.3 Å². The van der Waals surface area contributed by atoms with Gasteiger partial charge in [0.05, 0.1) is 25.6 Å². The number of hydrogen-bond donors (Lipinski definition) is 2. The van der Waals surface area contributed by atoms with Crippen LogP contribution in [0, 0.1) is 0 Å². The molecule has 7 nitrogen and oxygen atoms in total. The van der Waals surface area contributed by atoms with Gasteiger partial charge in [0.2, 0.25) is 0 Å². The maximum atomic E-state index is 9.16. The lowest BCUT2D eigenvalue weighted by Gasteiger charge is -2.30. The number of ether oxygens (including phenoxy) is 1. The Morgan fingerprint density at radius 1 is 1.56 bits per heavy atom. The van der Waals surface area contributed by atoms with Crippen molar-refractivity contribution in [3.63, 3.8) is 0 Å². The number of aliphatic imine (C=N–C) groups is 3. The third-order valence-corrected chi connectivity index (χ3v) is 3.50. The number of aliphatic hydroxyl groups excluding tert-OH is 1. The molecule has 0 aromatic rings. The number of nitrogens with zero attached hydrogens (tertiary/aromatic N) is 4. The molecular weight excluding hydrogens is 234 g/mol. The molecule has 0 spiro atoms. The van der Waals surface area contributed by atoms with Crippen molar-refractivity contribution >= 4 is 18.5 Å². The summed E-state index contributed by atoms with van der Waals surface area (Å²) in [4.78, 5) is 14.6. The summed E-state index contributed by atoms with van der Waals surface area (Å²) in [6, 6.07) is -0.250. The van der Waals surface area contributed by atoms with Crippen LogP contribution in [0.5, 0.6) is 0 Å². The van der Waals surface area contributed by atoms with E-state index in [-0.39, 0.29) is 31.0 Å². The molecule has 3 rings (SSSR count). The Hall–Kier alpha value is -1.73. The van der Waals surface area contributed by atoms with Gasteiger partial charge in [0.15, 0.2) is 6.17 Å². The fourth-order valence-electron chi connectivity index (χ4n) is 2.44. The first-order valence-corrected chi connectivity index (χ1v) is 5.79. The van der Waals surface area contributed by atoms with E-state index >= 15 is 0 Å². The summed E-state index contributed by atoms with van der Waals surface area (Å²) >= 11 is 0. The van der Waals surface area contributed by atoms with Gasteiger partial charge in [-0.1, -0.05) is 6.58 Å². The lowest BCUT2D eigenvalue weighted by Crippen LogP contribution is -2.48. The fraction of sp³-hybridized carbons (Fsp3) is 0.545. The number of aliphatic hydroxyl groups is 1. The molecule has 7 heteroatoms. The Bertz CT molecular complexity index is 458. The van der Waals surface area contributed by atoms with Crippen molar-refractivity contribution in [2.75, 3.05) is 13.2 Å². The number of fused-ring (bicyclic) bond motifs is 1. The number of hydrogen-bond acceptors (Lipinski definition) is 7. The summed E-state index contributed by atoms with van der Waals surface area (Å²) in [6.45, 7) is 4.41. The van der Waals surface area contributed by atoms with Crippen molar-refractivity contribution in [2.24, 2.45) is 20.7 Å². The van der Waals surface area contributed by atoms with E-state index in [9.17, 15) is 0 Å². The molecule has 3 N–H and O–H groups in total. The van der Waals surface area contributed by atoms with Gasteiger partial charge >= 0.3 is 0 Å². The van der Waals surface area contributed by atoms with Crippen LogP contribution in [0.15, 0.2) is 27.1 Å². The van der Waals surface area contributed by atoms with Crippen molar-refractivity contribution in [3.8, 4) is 0 Å². The maximum absolute atomic E-state index is 9.16. The van der Waals surface area contributed by atoms with Gasteiger partial charge in [-0.2, -0.15) is 0 Å². The molecule has 1 saturated heterocycles. The van der Waals surface area contributed by atoms with Crippen molar-refractivity contribution in [1.29, 1.82) is 0 Å². The number of rotatable bonds is 2. The first-order chi connectivity index (χ1) is 8.72. The zero-order chi connectivity index (χ0) is 12.7. The molecule has 18 heavy (non-hydrogen) atoms. The summed E-state index contributed by atoms with van der Waals surface area (Å²) < 4.78 is 5.48. The predicted molar refractivity (Wildman–Crippen MR) is 67.8 cm³/mol. The molecule has 3 aliphatic rings. The zero-order valence-corrected chi connectivity index (χ0v) is 9.81. The van der Waals surface area contributed by atoms with Gasteiger partial charge < -0.3 is 20.5 Å². The van der Waals surface area contributed by atoms with E-state index in [1.807, 2.05) is 4.90 Å². The molecule has 0 amide bonds. The standard InChI is InChI=1S/C11H15N5O2/c1-6-7(3-18-8(6)2-17)16-5-15-9-10(12)13-4-14-11(9)16/h4-5,7-9,11,17H,1-3H2,(H2,12,13,14)/t7-,8-,9?,11?/m0/s1. The Balaban J connectivity index is 1.80. The van der Waals surface area contributed by atoms with E-state index in [2.05, 4.69) is 21.6 Å². The van der Waals surface area contributed by atoms with Gasteiger partial charge in [0, 0.05) is 0 Å². The molecule has 0 saturated carbocycles. The highest BCUT2D eigenvalue weighted by Gasteiger charge is 2.42. The monoisotopic (exact) mass is 249 g/mol. The summed E-state index contributed by atoms with van der Waals surface area (Å²) in [6.07, 6.45) is 2.70. The Kier molecular flexibility index (Phi) is 2.64. The van der Waals surface area contributed by atoms with E-state index in [1.54, 1.807) is 6.34 Å². The fourth-order valence-corrected chi connectivity index (χ4v) is 2.44. The van der Waals surface area contributed by atoms with Crippen molar-refractivity contribution < 1.29 is 9.84 Å². The van der Waals surface area contributed by atoms with E-state index in [0.717, 1.165) is 5.57 Å². The van der Waals surface area contributed by atoms with Gasteiger partial charge in [0.25, 0.3) is 0 Å². The van der Waals surface area contributed by atoms with Crippen molar-refractivity contribution in [2.45, 2.75) is 24.4 Å². The van der Waals surface area contributed by atoms with Crippen LogP contribution in [0.3, 0.4) is 0 Å². The molecule has 4 atom stereocenters. The minimum Gasteiger partial charge on any atom is -0.393 e. The number of amidine groups is 1. The molecular formula is C11H15N5O2. The van der Waals surface area contributed by atoms with E-state index < -0.39 is 0 Å². The number of nitrogens with two attached hydrogens (primary N) is 1. The normalized spacial score (nSPS) is 38.2. The van der Waals surface area contributed by atoms with Gasteiger partial charge in [-0.05, 0) is 5.57 Å². The second-order valence-corrected chi connectivity index (χ2v) is 4.48. The highest BCUT2D eigenvalue weighted by molar-refractivity contribution is 5.96. The molecule has 1 fully saturated rings. The van der Waals surface area contributed by atoms with Crippen molar-refractivity contribution in [3.05, 3.63) is 12.2 Å². The lowest BCUT2D eigenvalue weighted by atomic mass is 10.0. The molecule has 0 aliphatic carbocycles. The van der Waals surface area contributed by atoms with Crippen LogP contribution >= 0.6 is 0 Å². The summed E-state index contributed by atoms with van der Waals surface area (Å²) in [5.74, 6) is 0.469. The molecule has 96 valence electrons. The van der Waals surface area contributed by atoms with E-state index in [0.29, 0.717) is 12.4 Å². The first kappa shape index (κ1) is 11.4. The SMILES string of the molecule is C=C1[C@H](CO)OC[C@@H]1N1C=NC2C(N)=NC=NC21. The van der Waals surface area contributed by atoms with Crippen LogP contribution in [0.25, 0.3) is 0 Å². The van der Waals surface area contributed by atoms with Crippen LogP contribution in [-0.2, 0) is 4.74 Å². The second-order valence-electron chi connectivity index (χ2n) is 4.48. The molecule has 2 unspecified atom stereocenters. The summed E-state index contributed by atoms with van der Waals surface area (Å²) in [5.41, 5.74) is 6.64. The average molecular weight is 249 g/mol. The zero-order valence-electron chi connectivity index (χ0n) is 9.81. The highest BCUT2D eigenvalue weighted by Crippen LogP contribution is 2.29. The van der Waals surface area contributed by atoms with Gasteiger partial charge in [-0.25, -0.2) is 9.98 Å². The summed E-state index contributed by atoms with van der Waals surface area (Å²) in [5, 5.41) is 9.16. The summed E-state index contributed by atoms with van der Waals surface area (Å²) in [7, 11) is 0. The molecule has 0 bridgehead atoms.